The number of fused-ring (bicyclic) bond motifs is 1. The number of benzene rings is 2. The summed E-state index contributed by atoms with van der Waals surface area (Å²) in [5.74, 6) is 0.638. The number of rotatable bonds is 8. The molecule has 2 aromatic carbocycles. The number of nitrogens with one attached hydrogen (secondary N) is 2. The van der Waals surface area contributed by atoms with Gasteiger partial charge in [-0.1, -0.05) is 30.3 Å². The molecule has 7 heteroatoms. The van der Waals surface area contributed by atoms with E-state index in [4.69, 9.17) is 4.74 Å². The molecule has 0 aromatic heterocycles. The maximum absolute atomic E-state index is 14.0. The highest BCUT2D eigenvalue weighted by atomic mass is 19.1. The van der Waals surface area contributed by atoms with Crippen LogP contribution in [0.25, 0.3) is 0 Å². The van der Waals surface area contributed by atoms with E-state index in [1.54, 1.807) is 6.07 Å². The fourth-order valence-corrected chi connectivity index (χ4v) is 3.65. The van der Waals surface area contributed by atoms with Gasteiger partial charge in [-0.05, 0) is 49.1 Å². The van der Waals surface area contributed by atoms with Crippen molar-refractivity contribution in [2.75, 3.05) is 20.2 Å². The van der Waals surface area contributed by atoms with Gasteiger partial charge in [-0.2, -0.15) is 0 Å². The summed E-state index contributed by atoms with van der Waals surface area (Å²) in [6.45, 7) is 6.56. The fraction of sp³-hybridized carbons (Fsp3) is 0.417. The third kappa shape index (κ3) is 5.96. The standard InChI is InChI=1S/C24H31FN4O2/c1-4-26-24(28-17(2)18-11-12-22(31-3)21(25)14-18)27-13-7-10-23(30)29-15-19-8-5-6-9-20(19)16-29/h5-6,8-9,11-12,14,17H,4,7,10,13,15-16H2,1-3H3,(H2,26,27,28). The highest BCUT2D eigenvalue weighted by Gasteiger charge is 2.22. The molecule has 1 aliphatic heterocycles. The summed E-state index contributed by atoms with van der Waals surface area (Å²) in [6, 6.07) is 13.0. The van der Waals surface area contributed by atoms with E-state index in [9.17, 15) is 9.18 Å². The van der Waals surface area contributed by atoms with Crippen LogP contribution >= 0.6 is 0 Å². The first kappa shape index (κ1) is 22.6. The maximum atomic E-state index is 14.0. The Morgan fingerprint density at radius 2 is 1.94 bits per heavy atom. The van der Waals surface area contributed by atoms with Gasteiger partial charge >= 0.3 is 0 Å². The van der Waals surface area contributed by atoms with Crippen LogP contribution in [0.5, 0.6) is 5.75 Å². The lowest BCUT2D eigenvalue weighted by molar-refractivity contribution is -0.131. The molecule has 1 amide bonds. The van der Waals surface area contributed by atoms with E-state index in [2.05, 4.69) is 27.8 Å². The maximum Gasteiger partial charge on any atom is 0.223 e. The smallest absolute Gasteiger partial charge is 0.223 e. The van der Waals surface area contributed by atoms with Gasteiger partial charge in [0.1, 0.15) is 0 Å². The van der Waals surface area contributed by atoms with E-state index < -0.39 is 5.82 Å². The second kappa shape index (κ2) is 10.8. The lowest BCUT2D eigenvalue weighted by atomic mass is 10.1. The van der Waals surface area contributed by atoms with Crippen molar-refractivity contribution in [2.24, 2.45) is 4.99 Å². The first-order valence-corrected chi connectivity index (χ1v) is 10.7. The van der Waals surface area contributed by atoms with Crippen molar-refractivity contribution in [3.63, 3.8) is 0 Å². The SMILES string of the molecule is CCNC(=NCCCC(=O)N1Cc2ccccc2C1)NC(C)c1ccc(OC)c(F)c1. The zero-order chi connectivity index (χ0) is 22.2. The summed E-state index contributed by atoms with van der Waals surface area (Å²) in [7, 11) is 1.45. The summed E-state index contributed by atoms with van der Waals surface area (Å²) in [5.41, 5.74) is 3.26. The lowest BCUT2D eigenvalue weighted by Gasteiger charge is -2.19. The van der Waals surface area contributed by atoms with Crippen LogP contribution in [0, 0.1) is 5.82 Å². The summed E-state index contributed by atoms with van der Waals surface area (Å²) < 4.78 is 19.0. The van der Waals surface area contributed by atoms with Crippen molar-refractivity contribution >= 4 is 11.9 Å². The Morgan fingerprint density at radius 1 is 1.23 bits per heavy atom. The molecule has 1 heterocycles. The Labute approximate surface area is 183 Å². The highest BCUT2D eigenvalue weighted by molar-refractivity contribution is 5.80. The quantitative estimate of drug-likeness (QED) is 0.383. The Balaban J connectivity index is 1.49. The molecule has 166 valence electrons. The number of carbonyl (C=O) groups excluding carboxylic acids is 1. The molecule has 0 aliphatic carbocycles. The number of halogens is 1. The second-order valence-corrected chi connectivity index (χ2v) is 7.64. The molecule has 1 aliphatic rings. The topological polar surface area (TPSA) is 66.0 Å². The zero-order valence-corrected chi connectivity index (χ0v) is 18.5. The minimum Gasteiger partial charge on any atom is -0.494 e. The number of guanidine groups is 1. The van der Waals surface area contributed by atoms with Gasteiger partial charge in [0.05, 0.1) is 13.2 Å². The van der Waals surface area contributed by atoms with Crippen molar-refractivity contribution in [2.45, 2.75) is 45.8 Å². The Morgan fingerprint density at radius 3 is 2.55 bits per heavy atom. The third-order valence-electron chi connectivity index (χ3n) is 5.39. The molecule has 3 rings (SSSR count). The van der Waals surface area contributed by atoms with Gasteiger partial charge < -0.3 is 20.3 Å². The van der Waals surface area contributed by atoms with Gasteiger partial charge in [-0.25, -0.2) is 4.39 Å². The molecule has 0 saturated heterocycles. The molecule has 0 fully saturated rings. The molecule has 1 atom stereocenters. The number of hydrogen-bond donors (Lipinski definition) is 2. The molecule has 2 aromatic rings. The van der Waals surface area contributed by atoms with E-state index in [0.29, 0.717) is 45.0 Å². The molecule has 0 radical (unpaired) electrons. The van der Waals surface area contributed by atoms with Crippen molar-refractivity contribution < 1.29 is 13.9 Å². The summed E-state index contributed by atoms with van der Waals surface area (Å²) in [4.78, 5) is 19.0. The van der Waals surface area contributed by atoms with Crippen molar-refractivity contribution in [3.05, 3.63) is 65.0 Å². The molecule has 31 heavy (non-hydrogen) atoms. The van der Waals surface area contributed by atoms with Gasteiger partial charge in [0, 0.05) is 32.6 Å². The minimum absolute atomic E-state index is 0.136. The molecular weight excluding hydrogens is 395 g/mol. The number of methoxy groups -OCH3 is 1. The average Bonchev–Trinajstić information content (AvgIpc) is 3.21. The van der Waals surface area contributed by atoms with E-state index in [1.807, 2.05) is 36.9 Å². The molecule has 1 unspecified atom stereocenters. The van der Waals surface area contributed by atoms with Crippen LogP contribution in [0.1, 0.15) is 49.4 Å². The third-order valence-corrected chi connectivity index (χ3v) is 5.39. The van der Waals surface area contributed by atoms with E-state index >= 15 is 0 Å². The van der Waals surface area contributed by atoms with E-state index in [-0.39, 0.29) is 17.7 Å². The average molecular weight is 427 g/mol. The minimum atomic E-state index is -0.391. The number of ether oxygens (including phenoxy) is 1. The predicted molar refractivity (Wildman–Crippen MR) is 120 cm³/mol. The van der Waals surface area contributed by atoms with Crippen LogP contribution in [-0.2, 0) is 17.9 Å². The van der Waals surface area contributed by atoms with Crippen molar-refractivity contribution in [3.8, 4) is 5.75 Å². The molecule has 0 bridgehead atoms. The zero-order valence-electron chi connectivity index (χ0n) is 18.5. The summed E-state index contributed by atoms with van der Waals surface area (Å²) in [5, 5.41) is 6.49. The number of nitrogens with zero attached hydrogens (tertiary/aromatic N) is 2. The number of aliphatic imine (C=N–C) groups is 1. The van der Waals surface area contributed by atoms with Gasteiger partial charge in [0.25, 0.3) is 0 Å². The largest absolute Gasteiger partial charge is 0.494 e. The van der Waals surface area contributed by atoms with Gasteiger partial charge in [-0.3, -0.25) is 9.79 Å². The lowest BCUT2D eigenvalue weighted by Crippen LogP contribution is -2.38. The monoisotopic (exact) mass is 426 g/mol. The first-order chi connectivity index (χ1) is 15.0. The highest BCUT2D eigenvalue weighted by Crippen LogP contribution is 2.23. The van der Waals surface area contributed by atoms with Crippen LogP contribution in [0.4, 0.5) is 4.39 Å². The van der Waals surface area contributed by atoms with Crippen LogP contribution in [0.2, 0.25) is 0 Å². The Bertz CT molecular complexity index is 907. The predicted octanol–water partition coefficient (Wildman–Crippen LogP) is 3.77. The van der Waals surface area contributed by atoms with Crippen LogP contribution in [-0.4, -0.2) is 37.0 Å². The second-order valence-electron chi connectivity index (χ2n) is 7.64. The van der Waals surface area contributed by atoms with Crippen LogP contribution in [0.15, 0.2) is 47.5 Å². The number of hydrogen-bond acceptors (Lipinski definition) is 3. The number of amides is 1. The first-order valence-electron chi connectivity index (χ1n) is 10.7. The molecule has 0 spiro atoms. The molecular formula is C24H31FN4O2. The Kier molecular flexibility index (Phi) is 7.87. The summed E-state index contributed by atoms with van der Waals surface area (Å²) in [6.07, 6.45) is 1.14. The fourth-order valence-electron chi connectivity index (χ4n) is 3.65. The normalized spacial score (nSPS) is 14.2. The van der Waals surface area contributed by atoms with E-state index in [0.717, 1.165) is 5.56 Å². The molecule has 0 saturated carbocycles. The Hall–Kier alpha value is -3.09. The molecule has 6 nitrogen and oxygen atoms in total. The summed E-state index contributed by atoms with van der Waals surface area (Å²) >= 11 is 0. The van der Waals surface area contributed by atoms with Gasteiger partial charge in [0.15, 0.2) is 17.5 Å². The van der Waals surface area contributed by atoms with Crippen molar-refractivity contribution in [1.29, 1.82) is 0 Å². The van der Waals surface area contributed by atoms with Crippen molar-refractivity contribution in [1.82, 2.24) is 15.5 Å². The van der Waals surface area contributed by atoms with E-state index in [1.165, 1.54) is 24.3 Å². The van der Waals surface area contributed by atoms with Crippen LogP contribution < -0.4 is 15.4 Å². The number of carbonyl (C=O) groups is 1. The van der Waals surface area contributed by atoms with Gasteiger partial charge in [0.2, 0.25) is 5.91 Å². The van der Waals surface area contributed by atoms with Crippen LogP contribution in [0.3, 0.4) is 0 Å². The molecule has 2 N–H and O–H groups in total. The van der Waals surface area contributed by atoms with Gasteiger partial charge in [-0.15, -0.1) is 0 Å².